The van der Waals surface area contributed by atoms with Crippen molar-refractivity contribution in [2.75, 3.05) is 11.9 Å². The van der Waals surface area contributed by atoms with E-state index in [4.69, 9.17) is 28.4 Å². The van der Waals surface area contributed by atoms with Crippen LogP contribution in [0.25, 0.3) is 0 Å². The first-order valence-electron chi connectivity index (χ1n) is 7.66. The molecule has 0 aromatic heterocycles. The smallest absolute Gasteiger partial charge is 0.317 e. The first-order chi connectivity index (χ1) is 11.5. The Balaban J connectivity index is 2.45. The number of carbonyl (C=O) groups is 2. The lowest BCUT2D eigenvalue weighted by atomic mass is 10.0. The molecule has 1 unspecified atom stereocenters. The predicted molar refractivity (Wildman–Crippen MR) is 94.2 cm³/mol. The number of rotatable bonds is 8. The van der Waals surface area contributed by atoms with Crippen LogP contribution in [-0.2, 0) is 4.79 Å². The Morgan fingerprint density at radius 2 is 1.92 bits per heavy atom. The van der Waals surface area contributed by atoms with Gasteiger partial charge in [0, 0.05) is 12.2 Å². The van der Waals surface area contributed by atoms with Gasteiger partial charge in [-0.05, 0) is 24.6 Å². The molecule has 1 aromatic carbocycles. The zero-order chi connectivity index (χ0) is 17.9. The third kappa shape index (κ3) is 7.35. The lowest BCUT2D eigenvalue weighted by molar-refractivity contribution is -0.126. The molecule has 0 heterocycles. The molecule has 134 valence electrons. The van der Waals surface area contributed by atoms with E-state index in [0.29, 0.717) is 22.2 Å². The van der Waals surface area contributed by atoms with Crippen LogP contribution in [0.2, 0.25) is 10.0 Å². The van der Waals surface area contributed by atoms with Crippen LogP contribution in [0.15, 0.2) is 18.2 Å². The summed E-state index contributed by atoms with van der Waals surface area (Å²) in [5.74, 6) is -0.816. The summed E-state index contributed by atoms with van der Waals surface area (Å²) in [6, 6.07) is 4.01. The van der Waals surface area contributed by atoms with Gasteiger partial charge in [0.05, 0.1) is 16.0 Å². The second-order valence-electron chi connectivity index (χ2n) is 5.25. The van der Waals surface area contributed by atoms with Gasteiger partial charge in [-0.2, -0.15) is 0 Å². The average molecular weight is 377 g/mol. The minimum absolute atomic E-state index is 0.117. The Morgan fingerprint density at radius 1 is 1.17 bits per heavy atom. The molecule has 0 fully saturated rings. The highest BCUT2D eigenvalue weighted by Gasteiger charge is 2.18. The number of unbranched alkanes of at least 4 members (excludes halogenated alkanes) is 2. The molecule has 1 rings (SSSR count). The van der Waals surface area contributed by atoms with Crippen LogP contribution in [0.3, 0.4) is 0 Å². The first kappa shape index (κ1) is 20.5. The van der Waals surface area contributed by atoms with Gasteiger partial charge in [-0.15, -0.1) is 0 Å². The Kier molecular flexibility index (Phi) is 9.48. The van der Waals surface area contributed by atoms with Gasteiger partial charge in [0.25, 0.3) is 0 Å². The number of hydroxylamine groups is 1. The van der Waals surface area contributed by atoms with Gasteiger partial charge in [0.15, 0.2) is 0 Å². The van der Waals surface area contributed by atoms with Crippen LogP contribution in [0, 0.1) is 5.92 Å². The summed E-state index contributed by atoms with van der Waals surface area (Å²) in [5.41, 5.74) is 7.02. The number of nitrogens with one attached hydrogen (secondary N) is 4. The van der Waals surface area contributed by atoms with Gasteiger partial charge >= 0.3 is 6.03 Å². The van der Waals surface area contributed by atoms with Crippen LogP contribution in [-0.4, -0.2) is 23.7 Å². The second-order valence-corrected chi connectivity index (χ2v) is 6.07. The van der Waals surface area contributed by atoms with Crippen LogP contribution in [0.4, 0.5) is 10.5 Å². The molecule has 0 bridgehead atoms. The third-order valence-electron chi connectivity index (χ3n) is 3.34. The Labute approximate surface area is 151 Å². The van der Waals surface area contributed by atoms with Gasteiger partial charge in [0.1, 0.15) is 0 Å². The van der Waals surface area contributed by atoms with E-state index >= 15 is 0 Å². The monoisotopic (exact) mass is 376 g/mol. The van der Waals surface area contributed by atoms with E-state index in [0.717, 1.165) is 19.3 Å². The lowest BCUT2D eigenvalue weighted by Gasteiger charge is -2.16. The fraction of sp³-hybridized carbons (Fsp3) is 0.467. The van der Waals surface area contributed by atoms with Crippen LogP contribution in [0.1, 0.15) is 32.6 Å². The van der Waals surface area contributed by atoms with E-state index in [1.807, 2.05) is 5.48 Å². The molecule has 24 heavy (non-hydrogen) atoms. The van der Waals surface area contributed by atoms with Crippen molar-refractivity contribution in [1.82, 2.24) is 16.3 Å². The quantitative estimate of drug-likeness (QED) is 0.354. The van der Waals surface area contributed by atoms with E-state index in [2.05, 4.69) is 23.1 Å². The number of hydrogen-bond acceptors (Lipinski definition) is 4. The minimum Gasteiger partial charge on any atom is -0.317 e. The van der Waals surface area contributed by atoms with Gasteiger partial charge < -0.3 is 10.5 Å². The van der Waals surface area contributed by atoms with Crippen molar-refractivity contribution in [2.24, 2.45) is 5.92 Å². The maximum Gasteiger partial charge on any atom is 0.337 e. The van der Waals surface area contributed by atoms with E-state index in [1.54, 1.807) is 12.1 Å². The van der Waals surface area contributed by atoms with Crippen molar-refractivity contribution >= 4 is 40.8 Å². The summed E-state index contributed by atoms with van der Waals surface area (Å²) in [6.07, 6.45) is 3.51. The lowest BCUT2D eigenvalue weighted by Crippen LogP contribution is -2.48. The maximum atomic E-state index is 12.0. The number of carbonyl (C=O) groups excluding carboxylic acids is 2. The third-order valence-corrected chi connectivity index (χ3v) is 4.08. The fourth-order valence-electron chi connectivity index (χ4n) is 2.03. The van der Waals surface area contributed by atoms with E-state index in [1.165, 1.54) is 6.07 Å². The molecule has 7 nitrogen and oxygen atoms in total. The molecule has 5 N–H and O–H groups in total. The molecular weight excluding hydrogens is 355 g/mol. The van der Waals surface area contributed by atoms with Crippen molar-refractivity contribution in [3.8, 4) is 0 Å². The Hall–Kier alpha value is -1.54. The van der Waals surface area contributed by atoms with Gasteiger partial charge in [-0.25, -0.2) is 15.7 Å². The van der Waals surface area contributed by atoms with E-state index in [-0.39, 0.29) is 12.5 Å². The van der Waals surface area contributed by atoms with Crippen molar-refractivity contribution < 1.29 is 14.8 Å². The van der Waals surface area contributed by atoms with Crippen molar-refractivity contribution in [3.63, 3.8) is 0 Å². The Bertz CT molecular complexity index is 558. The number of anilines is 1. The summed E-state index contributed by atoms with van der Waals surface area (Å²) >= 11 is 11.7. The summed E-state index contributed by atoms with van der Waals surface area (Å²) in [7, 11) is 0. The predicted octanol–water partition coefficient (Wildman–Crippen LogP) is 3.32. The highest BCUT2D eigenvalue weighted by Crippen LogP contribution is 2.24. The first-order valence-corrected chi connectivity index (χ1v) is 8.42. The number of hydrazine groups is 1. The fourth-order valence-corrected chi connectivity index (χ4v) is 2.33. The number of halogens is 2. The second kappa shape index (κ2) is 11.1. The van der Waals surface area contributed by atoms with Crippen molar-refractivity contribution in [2.45, 2.75) is 32.6 Å². The normalized spacial score (nSPS) is 11.7. The summed E-state index contributed by atoms with van der Waals surface area (Å²) in [6.45, 7) is 2.18. The van der Waals surface area contributed by atoms with Gasteiger partial charge in [-0.3, -0.25) is 10.2 Å². The molecule has 0 radical (unpaired) electrons. The molecule has 0 saturated carbocycles. The number of benzene rings is 1. The van der Waals surface area contributed by atoms with Crippen molar-refractivity contribution in [3.05, 3.63) is 28.2 Å². The highest BCUT2D eigenvalue weighted by molar-refractivity contribution is 6.42. The topological polar surface area (TPSA) is 102 Å². The van der Waals surface area contributed by atoms with Crippen LogP contribution < -0.4 is 21.6 Å². The summed E-state index contributed by atoms with van der Waals surface area (Å²) in [5, 5.41) is 12.0. The van der Waals surface area contributed by atoms with E-state index in [9.17, 15) is 9.59 Å². The standard InChI is InChI=1S/C15H22Cl2N4O3/c1-2-3-4-5-10(9-18-24)14(22)20-21-15(23)19-11-6-7-12(16)13(17)8-11/h6-8,10,18,24H,2-5,9H2,1H3,(H,20,22)(H2,19,21,23). The van der Waals surface area contributed by atoms with Crippen molar-refractivity contribution in [1.29, 1.82) is 0 Å². The highest BCUT2D eigenvalue weighted by atomic mass is 35.5. The molecule has 0 aliphatic carbocycles. The number of amides is 3. The largest absolute Gasteiger partial charge is 0.337 e. The molecule has 3 amide bonds. The van der Waals surface area contributed by atoms with Gasteiger partial charge in [0.2, 0.25) is 5.91 Å². The molecule has 0 aliphatic heterocycles. The summed E-state index contributed by atoms with van der Waals surface area (Å²) in [4.78, 5) is 23.8. The van der Waals surface area contributed by atoms with Crippen LogP contribution in [0.5, 0.6) is 0 Å². The molecule has 1 atom stereocenters. The molecular formula is C15H22Cl2N4O3. The molecule has 1 aromatic rings. The number of hydrogen-bond donors (Lipinski definition) is 5. The minimum atomic E-state index is -0.619. The molecule has 9 heteroatoms. The maximum absolute atomic E-state index is 12.0. The molecule has 0 aliphatic rings. The Morgan fingerprint density at radius 3 is 2.54 bits per heavy atom. The van der Waals surface area contributed by atoms with Gasteiger partial charge in [-0.1, -0.05) is 49.4 Å². The van der Waals surface area contributed by atoms with E-state index < -0.39 is 11.9 Å². The van der Waals surface area contributed by atoms with Crippen LogP contribution >= 0.6 is 23.2 Å². The summed E-state index contributed by atoms with van der Waals surface area (Å²) < 4.78 is 0. The average Bonchev–Trinajstić information content (AvgIpc) is 2.55. The zero-order valence-electron chi connectivity index (χ0n) is 13.4. The molecule has 0 saturated heterocycles. The number of urea groups is 1. The zero-order valence-corrected chi connectivity index (χ0v) is 14.9. The molecule has 0 spiro atoms. The SMILES string of the molecule is CCCCCC(CNO)C(=O)NNC(=O)Nc1ccc(Cl)c(Cl)c1.